The lowest BCUT2D eigenvalue weighted by atomic mass is 10.2. The van der Waals surface area contributed by atoms with Crippen molar-refractivity contribution in [3.63, 3.8) is 0 Å². The van der Waals surface area contributed by atoms with Gasteiger partial charge in [-0.3, -0.25) is 4.79 Å². The molecule has 26 heavy (non-hydrogen) atoms. The van der Waals surface area contributed by atoms with Crippen LogP contribution in [-0.4, -0.2) is 15.9 Å². The number of hydrogen-bond donors (Lipinski definition) is 3. The molecule has 3 N–H and O–H groups in total. The van der Waals surface area contributed by atoms with E-state index in [1.54, 1.807) is 30.3 Å². The van der Waals surface area contributed by atoms with Crippen molar-refractivity contribution in [1.82, 2.24) is 9.97 Å². The van der Waals surface area contributed by atoms with Crippen molar-refractivity contribution in [1.29, 1.82) is 0 Å². The third-order valence-electron chi connectivity index (χ3n) is 3.53. The number of nitrogens with zero attached hydrogens (tertiary/aromatic N) is 2. The Bertz CT molecular complexity index is 881. The van der Waals surface area contributed by atoms with E-state index in [0.717, 1.165) is 16.9 Å². The van der Waals surface area contributed by atoms with Crippen molar-refractivity contribution in [2.24, 2.45) is 0 Å². The topological polar surface area (TPSA) is 78.9 Å². The second kappa shape index (κ2) is 8.06. The highest BCUT2D eigenvalue weighted by Crippen LogP contribution is 2.19. The van der Waals surface area contributed by atoms with Crippen molar-refractivity contribution in [2.75, 3.05) is 16.0 Å². The number of halogens is 1. The maximum atomic E-state index is 12.9. The number of aromatic nitrogens is 2. The third-order valence-corrected chi connectivity index (χ3v) is 3.53. The van der Waals surface area contributed by atoms with Gasteiger partial charge in [0.05, 0.1) is 0 Å². The predicted octanol–water partition coefficient (Wildman–Crippen LogP) is 3.93. The molecule has 132 valence electrons. The highest BCUT2D eigenvalue weighted by Gasteiger charge is 2.02. The molecule has 0 unspecified atom stereocenters. The first kappa shape index (κ1) is 17.3. The monoisotopic (exact) mass is 351 g/mol. The molecular weight excluding hydrogens is 333 g/mol. The minimum atomic E-state index is -0.258. The Hall–Kier alpha value is -3.48. The van der Waals surface area contributed by atoms with E-state index in [1.165, 1.54) is 25.4 Å². The summed E-state index contributed by atoms with van der Waals surface area (Å²) in [5.41, 5.74) is 2.52. The Balaban J connectivity index is 1.61. The van der Waals surface area contributed by atoms with E-state index < -0.39 is 0 Å². The van der Waals surface area contributed by atoms with Gasteiger partial charge in [-0.2, -0.15) is 0 Å². The lowest BCUT2D eigenvalue weighted by Gasteiger charge is -2.09. The van der Waals surface area contributed by atoms with Gasteiger partial charge < -0.3 is 16.0 Å². The summed E-state index contributed by atoms with van der Waals surface area (Å²) in [5.74, 6) is 0.917. The Morgan fingerprint density at radius 2 is 1.62 bits per heavy atom. The maximum Gasteiger partial charge on any atom is 0.221 e. The van der Waals surface area contributed by atoms with Gasteiger partial charge in [0.25, 0.3) is 0 Å². The van der Waals surface area contributed by atoms with Crippen LogP contribution in [0.4, 0.5) is 27.4 Å². The molecule has 0 spiro atoms. The number of benzene rings is 2. The Morgan fingerprint density at radius 1 is 0.962 bits per heavy atom. The molecule has 0 aliphatic heterocycles. The number of rotatable bonds is 6. The summed E-state index contributed by atoms with van der Waals surface area (Å²) in [5, 5.41) is 9.07. The summed E-state index contributed by atoms with van der Waals surface area (Å²) in [4.78, 5) is 19.4. The molecule has 3 rings (SSSR count). The molecule has 6 nitrogen and oxygen atoms in total. The fraction of sp³-hybridized carbons (Fsp3) is 0.105. The molecule has 7 heteroatoms. The van der Waals surface area contributed by atoms with E-state index in [4.69, 9.17) is 0 Å². The normalized spacial score (nSPS) is 10.2. The summed E-state index contributed by atoms with van der Waals surface area (Å²) >= 11 is 0. The van der Waals surface area contributed by atoms with Crippen molar-refractivity contribution in [3.05, 3.63) is 72.3 Å². The first-order chi connectivity index (χ1) is 12.6. The van der Waals surface area contributed by atoms with Gasteiger partial charge >= 0.3 is 0 Å². The van der Waals surface area contributed by atoms with Crippen molar-refractivity contribution >= 4 is 28.9 Å². The lowest BCUT2D eigenvalue weighted by molar-refractivity contribution is -0.114. The smallest absolute Gasteiger partial charge is 0.221 e. The van der Waals surface area contributed by atoms with Crippen LogP contribution in [-0.2, 0) is 11.3 Å². The largest absolute Gasteiger partial charge is 0.366 e. The molecular formula is C19H18FN5O. The molecule has 0 saturated heterocycles. The van der Waals surface area contributed by atoms with E-state index in [9.17, 15) is 9.18 Å². The average Bonchev–Trinajstić information content (AvgIpc) is 2.63. The van der Waals surface area contributed by atoms with Gasteiger partial charge in [-0.05, 0) is 42.0 Å². The van der Waals surface area contributed by atoms with Crippen LogP contribution in [0.15, 0.2) is 60.9 Å². The van der Waals surface area contributed by atoms with E-state index in [0.29, 0.717) is 18.2 Å². The fourth-order valence-corrected chi connectivity index (χ4v) is 2.31. The molecule has 0 aliphatic rings. The molecule has 1 amide bonds. The predicted molar refractivity (Wildman–Crippen MR) is 99.8 cm³/mol. The minimum absolute atomic E-state index is 0.113. The van der Waals surface area contributed by atoms with Crippen LogP contribution in [0.3, 0.4) is 0 Å². The summed E-state index contributed by atoms with van der Waals surface area (Å²) in [7, 11) is 0. The van der Waals surface area contributed by atoms with Crippen LogP contribution in [0.1, 0.15) is 12.5 Å². The number of hydrogen-bond acceptors (Lipinski definition) is 5. The third kappa shape index (κ3) is 5.01. The number of carbonyl (C=O) groups excluding carboxylic acids is 1. The Kier molecular flexibility index (Phi) is 5.38. The van der Waals surface area contributed by atoms with E-state index >= 15 is 0 Å². The highest BCUT2D eigenvalue weighted by atomic mass is 19.1. The number of anilines is 4. The Labute approximate surface area is 150 Å². The molecule has 0 radical (unpaired) electrons. The molecule has 0 atom stereocenters. The molecule has 0 bridgehead atoms. The first-order valence-corrected chi connectivity index (χ1v) is 8.03. The zero-order valence-electron chi connectivity index (χ0n) is 14.2. The summed E-state index contributed by atoms with van der Waals surface area (Å²) in [6, 6.07) is 15.4. The van der Waals surface area contributed by atoms with Gasteiger partial charge in [0.1, 0.15) is 23.8 Å². The number of amides is 1. The molecule has 1 aromatic heterocycles. The second-order valence-electron chi connectivity index (χ2n) is 5.65. The van der Waals surface area contributed by atoms with Crippen LogP contribution in [0, 0.1) is 5.82 Å². The van der Waals surface area contributed by atoms with Crippen molar-refractivity contribution in [3.8, 4) is 0 Å². The molecule has 1 heterocycles. The zero-order chi connectivity index (χ0) is 18.4. The standard InChI is InChI=1S/C19H18FN5O/c1-13(26)24-16-6-8-17(9-7-16)25-19-10-18(22-12-23-19)21-11-14-2-4-15(20)5-3-14/h2-10,12H,11H2,1H3,(H,24,26)(H2,21,22,23,25). The average molecular weight is 351 g/mol. The summed E-state index contributed by atoms with van der Waals surface area (Å²) in [6.45, 7) is 2.00. The second-order valence-corrected chi connectivity index (χ2v) is 5.65. The zero-order valence-corrected chi connectivity index (χ0v) is 14.2. The SMILES string of the molecule is CC(=O)Nc1ccc(Nc2cc(NCc3ccc(F)cc3)ncn2)cc1. The first-order valence-electron chi connectivity index (χ1n) is 8.03. The van der Waals surface area contributed by atoms with Gasteiger partial charge in [0.2, 0.25) is 5.91 Å². The number of nitrogens with one attached hydrogen (secondary N) is 3. The molecule has 0 saturated carbocycles. The quantitative estimate of drug-likeness (QED) is 0.627. The van der Waals surface area contributed by atoms with Crippen LogP contribution in [0.2, 0.25) is 0 Å². The minimum Gasteiger partial charge on any atom is -0.366 e. The highest BCUT2D eigenvalue weighted by molar-refractivity contribution is 5.88. The lowest BCUT2D eigenvalue weighted by Crippen LogP contribution is -2.05. The van der Waals surface area contributed by atoms with Gasteiger partial charge in [-0.15, -0.1) is 0 Å². The maximum absolute atomic E-state index is 12.9. The van der Waals surface area contributed by atoms with E-state index in [-0.39, 0.29) is 11.7 Å². The van der Waals surface area contributed by atoms with Crippen LogP contribution in [0.25, 0.3) is 0 Å². The van der Waals surface area contributed by atoms with Crippen LogP contribution in [0.5, 0.6) is 0 Å². The molecule has 2 aromatic carbocycles. The van der Waals surface area contributed by atoms with Gasteiger partial charge in [0, 0.05) is 30.9 Å². The van der Waals surface area contributed by atoms with Crippen molar-refractivity contribution < 1.29 is 9.18 Å². The molecule has 3 aromatic rings. The summed E-state index contributed by atoms with van der Waals surface area (Å²) < 4.78 is 12.9. The van der Waals surface area contributed by atoms with Crippen molar-refractivity contribution in [2.45, 2.75) is 13.5 Å². The van der Waals surface area contributed by atoms with Crippen LogP contribution < -0.4 is 16.0 Å². The van der Waals surface area contributed by atoms with Gasteiger partial charge in [0.15, 0.2) is 0 Å². The van der Waals surface area contributed by atoms with E-state index in [1.807, 2.05) is 12.1 Å². The van der Waals surface area contributed by atoms with E-state index in [2.05, 4.69) is 25.9 Å². The molecule has 0 fully saturated rings. The summed E-state index contributed by atoms with van der Waals surface area (Å²) in [6.07, 6.45) is 1.46. The fourth-order valence-electron chi connectivity index (χ4n) is 2.31. The van der Waals surface area contributed by atoms with Crippen LogP contribution >= 0.6 is 0 Å². The van der Waals surface area contributed by atoms with Gasteiger partial charge in [-0.25, -0.2) is 14.4 Å². The van der Waals surface area contributed by atoms with Gasteiger partial charge in [-0.1, -0.05) is 12.1 Å². The molecule has 0 aliphatic carbocycles. The Morgan fingerprint density at radius 3 is 2.31 bits per heavy atom. The number of carbonyl (C=O) groups is 1.